The average Bonchev–Trinajstić information content (AvgIpc) is 2.12. The summed E-state index contributed by atoms with van der Waals surface area (Å²) in [5.74, 6) is 0. The van der Waals surface area contributed by atoms with E-state index in [2.05, 4.69) is 30.7 Å². The van der Waals surface area contributed by atoms with Crippen LogP contribution in [0.5, 0.6) is 0 Å². The van der Waals surface area contributed by atoms with Crippen molar-refractivity contribution in [1.82, 2.24) is 0 Å². The van der Waals surface area contributed by atoms with Crippen molar-refractivity contribution in [3.8, 4) is 0 Å². The fraction of sp³-hybridized carbons (Fsp3) is 0.273. The summed E-state index contributed by atoms with van der Waals surface area (Å²) in [5, 5.41) is 0. The van der Waals surface area contributed by atoms with Crippen LogP contribution in [0.25, 0.3) is 0 Å². The number of rotatable bonds is 0. The van der Waals surface area contributed by atoms with Crippen LogP contribution in [0.1, 0.15) is 12.0 Å². The monoisotopic (exact) mass is 174 g/mol. The van der Waals surface area contributed by atoms with Gasteiger partial charge in [-0.2, -0.15) is 0 Å². The maximum atomic E-state index is 5.72. The van der Waals surface area contributed by atoms with Gasteiger partial charge >= 0.3 is 0 Å². The second-order valence-corrected chi connectivity index (χ2v) is 3.51. The standard InChI is InChI=1S/C11H14N2/c1-8-3-4-9-7-10(12)5-6-11(9)13(8)2/h5-7H,1,3-4,12H2,2H3. The lowest BCUT2D eigenvalue weighted by molar-refractivity contribution is 0.844. The number of nitrogen functional groups attached to an aromatic ring is 1. The second-order valence-electron chi connectivity index (χ2n) is 3.51. The zero-order valence-electron chi connectivity index (χ0n) is 7.88. The van der Waals surface area contributed by atoms with Crippen molar-refractivity contribution in [2.45, 2.75) is 12.8 Å². The fourth-order valence-corrected chi connectivity index (χ4v) is 1.75. The molecule has 2 heteroatoms. The molecule has 0 radical (unpaired) electrons. The van der Waals surface area contributed by atoms with E-state index in [-0.39, 0.29) is 0 Å². The molecule has 0 saturated carbocycles. The summed E-state index contributed by atoms with van der Waals surface area (Å²) in [4.78, 5) is 2.14. The topological polar surface area (TPSA) is 29.3 Å². The molecule has 1 aromatic carbocycles. The van der Waals surface area contributed by atoms with Gasteiger partial charge in [0.25, 0.3) is 0 Å². The molecule has 0 aliphatic carbocycles. The molecule has 0 spiro atoms. The molecule has 2 N–H and O–H groups in total. The molecule has 2 nitrogen and oxygen atoms in total. The Labute approximate surface area is 78.7 Å². The summed E-state index contributed by atoms with van der Waals surface area (Å²) in [6.45, 7) is 4.01. The van der Waals surface area contributed by atoms with E-state index in [9.17, 15) is 0 Å². The first-order valence-corrected chi connectivity index (χ1v) is 4.48. The highest BCUT2D eigenvalue weighted by Gasteiger charge is 2.15. The number of hydrogen-bond acceptors (Lipinski definition) is 2. The van der Waals surface area contributed by atoms with E-state index in [1.54, 1.807) is 0 Å². The number of hydrogen-bond donors (Lipinski definition) is 1. The lowest BCUT2D eigenvalue weighted by atomic mass is 10.00. The molecule has 68 valence electrons. The number of anilines is 2. The van der Waals surface area contributed by atoms with Gasteiger partial charge in [-0.15, -0.1) is 0 Å². The van der Waals surface area contributed by atoms with Gasteiger partial charge in [0.2, 0.25) is 0 Å². The van der Waals surface area contributed by atoms with Crippen molar-refractivity contribution in [2.75, 3.05) is 17.7 Å². The normalized spacial score (nSPS) is 15.8. The summed E-state index contributed by atoms with van der Waals surface area (Å²) in [6.07, 6.45) is 2.09. The molecule has 0 amide bonds. The second kappa shape index (κ2) is 2.80. The van der Waals surface area contributed by atoms with E-state index >= 15 is 0 Å². The Morgan fingerprint density at radius 1 is 1.38 bits per heavy atom. The molecule has 0 atom stereocenters. The number of nitrogens with zero attached hydrogens (tertiary/aromatic N) is 1. The van der Waals surface area contributed by atoms with Crippen molar-refractivity contribution in [1.29, 1.82) is 0 Å². The average molecular weight is 174 g/mol. The van der Waals surface area contributed by atoms with Gasteiger partial charge in [-0.05, 0) is 36.6 Å². The number of allylic oxidation sites excluding steroid dienone is 1. The molecule has 1 aliphatic rings. The molecule has 0 unspecified atom stereocenters. The number of fused-ring (bicyclic) bond motifs is 1. The minimum Gasteiger partial charge on any atom is -0.399 e. The summed E-state index contributed by atoms with van der Waals surface area (Å²) in [7, 11) is 2.05. The van der Waals surface area contributed by atoms with Gasteiger partial charge in [0.1, 0.15) is 0 Å². The molecular weight excluding hydrogens is 160 g/mol. The predicted molar refractivity (Wildman–Crippen MR) is 56.7 cm³/mol. The Kier molecular flexibility index (Phi) is 1.76. The van der Waals surface area contributed by atoms with E-state index in [0.717, 1.165) is 18.5 Å². The quantitative estimate of drug-likeness (QED) is 0.611. The van der Waals surface area contributed by atoms with E-state index in [4.69, 9.17) is 5.73 Å². The van der Waals surface area contributed by atoms with Crippen LogP contribution in [0.15, 0.2) is 30.5 Å². The third kappa shape index (κ3) is 1.28. The summed E-state index contributed by atoms with van der Waals surface area (Å²) in [6, 6.07) is 6.06. The number of benzene rings is 1. The lowest BCUT2D eigenvalue weighted by Gasteiger charge is -2.29. The van der Waals surface area contributed by atoms with Crippen molar-refractivity contribution < 1.29 is 0 Å². The van der Waals surface area contributed by atoms with Gasteiger partial charge in [0, 0.05) is 24.1 Å². The zero-order valence-corrected chi connectivity index (χ0v) is 7.88. The van der Waals surface area contributed by atoms with Crippen LogP contribution in [0.4, 0.5) is 11.4 Å². The first kappa shape index (κ1) is 8.17. The van der Waals surface area contributed by atoms with Crippen molar-refractivity contribution in [3.63, 3.8) is 0 Å². The summed E-state index contributed by atoms with van der Waals surface area (Å²) >= 11 is 0. The first-order valence-electron chi connectivity index (χ1n) is 4.48. The van der Waals surface area contributed by atoms with E-state index < -0.39 is 0 Å². The third-order valence-corrected chi connectivity index (χ3v) is 2.62. The highest BCUT2D eigenvalue weighted by Crippen LogP contribution is 2.31. The van der Waals surface area contributed by atoms with Crippen LogP contribution in [-0.4, -0.2) is 7.05 Å². The Hall–Kier alpha value is -1.44. The molecule has 0 aromatic heterocycles. The maximum Gasteiger partial charge on any atom is 0.0439 e. The largest absolute Gasteiger partial charge is 0.399 e. The highest BCUT2D eigenvalue weighted by molar-refractivity contribution is 5.63. The minimum absolute atomic E-state index is 0.847. The Bertz CT molecular complexity index is 355. The van der Waals surface area contributed by atoms with Gasteiger partial charge < -0.3 is 10.6 Å². The molecular formula is C11H14N2. The maximum absolute atomic E-state index is 5.72. The Balaban J connectivity index is 2.49. The van der Waals surface area contributed by atoms with Gasteiger partial charge in [0.05, 0.1) is 0 Å². The first-order chi connectivity index (χ1) is 6.18. The Morgan fingerprint density at radius 3 is 2.92 bits per heavy atom. The zero-order chi connectivity index (χ0) is 9.42. The molecule has 1 aliphatic heterocycles. The van der Waals surface area contributed by atoms with Crippen LogP contribution in [0.2, 0.25) is 0 Å². The van der Waals surface area contributed by atoms with E-state index in [0.29, 0.717) is 0 Å². The van der Waals surface area contributed by atoms with E-state index in [1.807, 2.05) is 6.07 Å². The van der Waals surface area contributed by atoms with Crippen molar-refractivity contribution >= 4 is 11.4 Å². The van der Waals surface area contributed by atoms with Crippen molar-refractivity contribution in [2.24, 2.45) is 0 Å². The molecule has 0 saturated heterocycles. The highest BCUT2D eigenvalue weighted by atomic mass is 15.1. The molecule has 13 heavy (non-hydrogen) atoms. The molecule has 0 fully saturated rings. The number of nitrogens with two attached hydrogens (primary N) is 1. The van der Waals surface area contributed by atoms with Crippen molar-refractivity contribution in [3.05, 3.63) is 36.0 Å². The molecule has 1 aromatic rings. The lowest BCUT2D eigenvalue weighted by Crippen LogP contribution is -2.21. The van der Waals surface area contributed by atoms with Crippen LogP contribution < -0.4 is 10.6 Å². The van der Waals surface area contributed by atoms with Crippen LogP contribution in [-0.2, 0) is 6.42 Å². The van der Waals surface area contributed by atoms with Gasteiger partial charge in [0.15, 0.2) is 0 Å². The van der Waals surface area contributed by atoms with Crippen LogP contribution in [0.3, 0.4) is 0 Å². The van der Waals surface area contributed by atoms with Gasteiger partial charge in [-0.25, -0.2) is 0 Å². The smallest absolute Gasteiger partial charge is 0.0439 e. The van der Waals surface area contributed by atoms with Gasteiger partial charge in [-0.3, -0.25) is 0 Å². The number of aryl methyl sites for hydroxylation is 1. The molecule has 2 rings (SSSR count). The predicted octanol–water partition coefficient (Wildman–Crippen LogP) is 2.16. The molecule has 0 bridgehead atoms. The summed E-state index contributed by atoms with van der Waals surface area (Å²) < 4.78 is 0. The fourth-order valence-electron chi connectivity index (χ4n) is 1.75. The SMILES string of the molecule is C=C1CCc2cc(N)ccc2N1C. The van der Waals surface area contributed by atoms with E-state index in [1.165, 1.54) is 16.9 Å². The molecule has 1 heterocycles. The Morgan fingerprint density at radius 2 is 2.15 bits per heavy atom. The van der Waals surface area contributed by atoms with Crippen LogP contribution in [0, 0.1) is 0 Å². The minimum atomic E-state index is 0.847. The summed E-state index contributed by atoms with van der Waals surface area (Å²) in [5.41, 5.74) is 10.3. The van der Waals surface area contributed by atoms with Gasteiger partial charge in [-0.1, -0.05) is 6.58 Å². The third-order valence-electron chi connectivity index (χ3n) is 2.62. The van der Waals surface area contributed by atoms with Crippen LogP contribution >= 0.6 is 0 Å².